The third-order valence-electron chi connectivity index (χ3n) is 4.67. The van der Waals surface area contributed by atoms with Crippen LogP contribution in [0.15, 0.2) is 30.3 Å². The van der Waals surface area contributed by atoms with Gasteiger partial charge in [-0.1, -0.05) is 30.3 Å². The molecule has 1 aromatic rings. The molecule has 0 N–H and O–H groups in total. The maximum absolute atomic E-state index is 12.8. The number of halogens is 3. The van der Waals surface area contributed by atoms with Gasteiger partial charge in [0.1, 0.15) is 5.78 Å². The largest absolute Gasteiger partial charge is 0.523 e. The molecule has 10 heteroatoms. The van der Waals surface area contributed by atoms with Gasteiger partial charge in [0.05, 0.1) is 12.0 Å². The number of ether oxygens (including phenoxy) is 1. The summed E-state index contributed by atoms with van der Waals surface area (Å²) < 4.78 is 71.7. The van der Waals surface area contributed by atoms with Crippen LogP contribution in [0.4, 0.5) is 13.2 Å². The van der Waals surface area contributed by atoms with Crippen LogP contribution in [0.25, 0.3) is 0 Å². The molecule has 154 valence electrons. The van der Waals surface area contributed by atoms with Gasteiger partial charge in [-0.3, -0.25) is 4.79 Å². The predicted molar refractivity (Wildman–Crippen MR) is 97.8 cm³/mol. The highest BCUT2D eigenvalue weighted by atomic mass is 32.3. The number of carbonyl (C=O) groups excluding carboxylic acids is 1. The molecule has 0 radical (unpaired) electrons. The Morgan fingerprint density at radius 2 is 1.74 bits per heavy atom. The van der Waals surface area contributed by atoms with Crippen molar-refractivity contribution in [1.82, 2.24) is 0 Å². The first kappa shape index (κ1) is 22.2. The first-order valence-electron chi connectivity index (χ1n) is 8.25. The summed E-state index contributed by atoms with van der Waals surface area (Å²) in [7, 11) is -7.11. The minimum atomic E-state index is -5.76. The van der Waals surface area contributed by atoms with E-state index in [1.54, 1.807) is 30.3 Å². The normalized spacial score (nSPS) is 23.9. The second-order valence-electron chi connectivity index (χ2n) is 6.77. The molecule has 5 nitrogen and oxygen atoms in total. The lowest BCUT2D eigenvalue weighted by Gasteiger charge is -2.46. The third-order valence-corrected chi connectivity index (χ3v) is 9.34. The van der Waals surface area contributed by atoms with Gasteiger partial charge in [-0.15, -0.1) is 10.3 Å². The first-order valence-corrected chi connectivity index (χ1v) is 12.1. The molecule has 1 saturated carbocycles. The van der Waals surface area contributed by atoms with Crippen molar-refractivity contribution in [3.05, 3.63) is 35.9 Å². The van der Waals surface area contributed by atoms with Crippen molar-refractivity contribution in [3.8, 4) is 0 Å². The molecule has 0 spiro atoms. The zero-order valence-electron chi connectivity index (χ0n) is 15.2. The van der Waals surface area contributed by atoms with Crippen LogP contribution in [-0.4, -0.2) is 44.6 Å². The van der Waals surface area contributed by atoms with Crippen molar-refractivity contribution in [2.45, 2.75) is 36.1 Å². The molecule has 1 aliphatic carbocycles. The molecule has 0 bridgehead atoms. The highest BCUT2D eigenvalue weighted by molar-refractivity contribution is 8.32. The van der Waals surface area contributed by atoms with Crippen LogP contribution in [0.2, 0.25) is 0 Å². The second kappa shape index (κ2) is 8.10. The second-order valence-corrected chi connectivity index (χ2v) is 11.9. The van der Waals surface area contributed by atoms with Crippen molar-refractivity contribution in [3.63, 3.8) is 0 Å². The summed E-state index contributed by atoms with van der Waals surface area (Å²) in [6.07, 6.45) is 3.15. The molecule has 3 unspecified atom stereocenters. The maximum atomic E-state index is 12.8. The molecule has 2 rings (SSSR count). The van der Waals surface area contributed by atoms with Gasteiger partial charge in [0.25, 0.3) is 0 Å². The van der Waals surface area contributed by atoms with Crippen molar-refractivity contribution in [2.24, 2.45) is 5.92 Å². The molecule has 1 aromatic carbocycles. The summed E-state index contributed by atoms with van der Waals surface area (Å²) >= 11 is 0. The van der Waals surface area contributed by atoms with E-state index in [1.165, 1.54) is 19.6 Å². The standard InChI is InChI=1S/C17H23F3O5S2/c1-24-16(12-8-5-4-6-9-12)15-13(21)10-7-11-14(15)26(2,3)25-27(22,23)17(18,19)20/h4-6,8-9,14-16H,7,10-11H2,1-3H3. The summed E-state index contributed by atoms with van der Waals surface area (Å²) in [6.45, 7) is 0. The molecule has 1 fully saturated rings. The monoisotopic (exact) mass is 428 g/mol. The molecule has 27 heavy (non-hydrogen) atoms. The quantitative estimate of drug-likeness (QED) is 0.642. The number of ketones is 1. The average molecular weight is 428 g/mol. The van der Waals surface area contributed by atoms with E-state index < -0.39 is 43.2 Å². The number of methoxy groups -OCH3 is 1. The molecular formula is C17H23F3O5S2. The SMILES string of the molecule is COC(c1ccccc1)C1C(=O)CCCC1S(C)(C)OS(=O)(=O)C(F)(F)F. The van der Waals surface area contributed by atoms with Crippen LogP contribution >= 0.6 is 10.3 Å². The van der Waals surface area contributed by atoms with Gasteiger partial charge in [-0.25, -0.2) is 3.63 Å². The Morgan fingerprint density at radius 1 is 1.15 bits per heavy atom. The number of benzene rings is 1. The molecule has 0 amide bonds. The van der Waals surface area contributed by atoms with E-state index in [9.17, 15) is 26.4 Å². The van der Waals surface area contributed by atoms with Gasteiger partial charge < -0.3 is 4.74 Å². The fraction of sp³-hybridized carbons (Fsp3) is 0.588. The molecule has 0 aliphatic heterocycles. The number of carbonyl (C=O) groups is 1. The van der Waals surface area contributed by atoms with Gasteiger partial charge in [0.2, 0.25) is 0 Å². The Morgan fingerprint density at radius 3 is 2.26 bits per heavy atom. The van der Waals surface area contributed by atoms with E-state index >= 15 is 0 Å². The number of rotatable bonds is 6. The minimum Gasteiger partial charge on any atom is -0.376 e. The maximum Gasteiger partial charge on any atom is 0.523 e. The predicted octanol–water partition coefficient (Wildman–Crippen LogP) is 3.96. The Hall–Kier alpha value is -1.10. The zero-order chi connectivity index (χ0) is 20.5. The van der Waals surface area contributed by atoms with Gasteiger partial charge in [-0.2, -0.15) is 21.6 Å². The summed E-state index contributed by atoms with van der Waals surface area (Å²) in [5, 5.41) is -0.680. The van der Waals surface area contributed by atoms with Gasteiger partial charge in [-0.05, 0) is 30.9 Å². The highest BCUT2D eigenvalue weighted by Crippen LogP contribution is 2.58. The van der Waals surface area contributed by atoms with E-state index in [0.29, 0.717) is 18.4 Å². The number of alkyl halides is 3. The number of hydrogen-bond acceptors (Lipinski definition) is 5. The topological polar surface area (TPSA) is 69.7 Å². The van der Waals surface area contributed by atoms with E-state index in [1.807, 2.05) is 0 Å². The molecule has 3 atom stereocenters. The molecule has 0 heterocycles. The first-order chi connectivity index (χ1) is 12.4. The van der Waals surface area contributed by atoms with Crippen LogP contribution in [0, 0.1) is 5.92 Å². The van der Waals surface area contributed by atoms with E-state index in [4.69, 9.17) is 4.74 Å². The summed E-state index contributed by atoms with van der Waals surface area (Å²) in [5.74, 6) is -0.935. The van der Waals surface area contributed by atoms with Crippen molar-refractivity contribution >= 4 is 26.2 Å². The van der Waals surface area contributed by atoms with Crippen molar-refractivity contribution in [1.29, 1.82) is 0 Å². The summed E-state index contributed by atoms with van der Waals surface area (Å²) in [5.41, 5.74) is -4.80. The summed E-state index contributed by atoms with van der Waals surface area (Å²) in [6, 6.07) is 8.87. The average Bonchev–Trinajstić information content (AvgIpc) is 2.56. The van der Waals surface area contributed by atoms with Crippen LogP contribution in [0.3, 0.4) is 0 Å². The lowest BCUT2D eigenvalue weighted by molar-refractivity contribution is -0.129. The van der Waals surface area contributed by atoms with Crippen molar-refractivity contribution < 1.29 is 34.7 Å². The minimum absolute atomic E-state index is 0.157. The van der Waals surface area contributed by atoms with E-state index in [2.05, 4.69) is 3.63 Å². The van der Waals surface area contributed by atoms with Crippen LogP contribution in [0.1, 0.15) is 30.9 Å². The summed E-state index contributed by atoms with van der Waals surface area (Å²) in [4.78, 5) is 12.7. The van der Waals surface area contributed by atoms with Crippen LogP contribution < -0.4 is 0 Å². The fourth-order valence-electron chi connectivity index (χ4n) is 3.48. The molecule has 0 saturated heterocycles. The Balaban J connectivity index is 2.41. The van der Waals surface area contributed by atoms with E-state index in [0.717, 1.165) is 0 Å². The van der Waals surface area contributed by atoms with Gasteiger partial charge in [0.15, 0.2) is 0 Å². The van der Waals surface area contributed by atoms with Crippen LogP contribution in [0.5, 0.6) is 0 Å². The zero-order valence-corrected chi connectivity index (χ0v) is 16.9. The Bertz CT molecular complexity index is 763. The van der Waals surface area contributed by atoms with Gasteiger partial charge >= 0.3 is 15.6 Å². The smallest absolute Gasteiger partial charge is 0.376 e. The fourth-order valence-corrected chi connectivity index (χ4v) is 7.78. The van der Waals surface area contributed by atoms with E-state index in [-0.39, 0.29) is 12.2 Å². The molecule has 0 aromatic heterocycles. The Labute approximate surface area is 158 Å². The van der Waals surface area contributed by atoms with Crippen molar-refractivity contribution in [2.75, 3.05) is 19.6 Å². The molecular weight excluding hydrogens is 405 g/mol. The highest BCUT2D eigenvalue weighted by Gasteiger charge is 2.53. The lowest BCUT2D eigenvalue weighted by atomic mass is 9.81. The lowest BCUT2D eigenvalue weighted by Crippen LogP contribution is -2.42. The molecule has 1 aliphatic rings. The number of hydrogen-bond donors (Lipinski definition) is 0. The van der Waals surface area contributed by atoms with Gasteiger partial charge in [0, 0.05) is 18.8 Å². The third kappa shape index (κ3) is 4.85. The number of Topliss-reactive ketones (excluding diaryl/α,β-unsaturated/α-hetero) is 1. The Kier molecular flexibility index (Phi) is 6.66. The van der Waals surface area contributed by atoms with Crippen LogP contribution in [-0.2, 0) is 23.3 Å².